The molecule has 1 aromatic heterocycles. The van der Waals surface area contributed by atoms with E-state index in [9.17, 15) is 19.2 Å². The summed E-state index contributed by atoms with van der Waals surface area (Å²) >= 11 is 0. The number of nitrogens with zero attached hydrogens (tertiary/aromatic N) is 3. The van der Waals surface area contributed by atoms with Gasteiger partial charge >= 0.3 is 0 Å². The average molecular weight is 425 g/mol. The highest BCUT2D eigenvalue weighted by molar-refractivity contribution is 6.04. The maximum Gasteiger partial charge on any atom is 0.269 e. The number of nitrogens with one attached hydrogen (secondary N) is 1. The summed E-state index contributed by atoms with van der Waals surface area (Å²) in [5.74, 6) is -0.957. The second-order valence-corrected chi connectivity index (χ2v) is 9.39. The van der Waals surface area contributed by atoms with E-state index < -0.39 is 17.4 Å². The number of ketones is 1. The lowest BCUT2D eigenvalue weighted by atomic mass is 9.91. The number of para-hydroxylation sites is 1. The quantitative estimate of drug-likeness (QED) is 0.709. The minimum absolute atomic E-state index is 0.0407. The van der Waals surface area contributed by atoms with Crippen molar-refractivity contribution in [1.82, 2.24) is 20.0 Å². The summed E-state index contributed by atoms with van der Waals surface area (Å²) in [6.07, 6.45) is 1.47. The molecule has 4 rings (SSSR count). The average Bonchev–Trinajstić information content (AvgIpc) is 3.21. The fourth-order valence-corrected chi connectivity index (χ4v) is 4.24. The summed E-state index contributed by atoms with van der Waals surface area (Å²) in [5, 5.41) is 7.53. The van der Waals surface area contributed by atoms with Crippen molar-refractivity contribution < 1.29 is 19.2 Å². The van der Waals surface area contributed by atoms with Gasteiger partial charge in [-0.3, -0.25) is 23.9 Å². The number of amides is 3. The Hall–Kier alpha value is -3.23. The molecule has 9 nitrogen and oxygen atoms in total. The molecule has 0 bridgehead atoms. The van der Waals surface area contributed by atoms with E-state index in [-0.39, 0.29) is 42.4 Å². The molecule has 164 valence electrons. The predicted octanol–water partition coefficient (Wildman–Crippen LogP) is 0.856. The monoisotopic (exact) mass is 425 g/mol. The van der Waals surface area contributed by atoms with Crippen molar-refractivity contribution in [3.63, 3.8) is 0 Å². The number of carbonyl (C=O) groups is 4. The van der Waals surface area contributed by atoms with Gasteiger partial charge in [-0.25, -0.2) is 0 Å². The molecule has 0 spiro atoms. The Balaban J connectivity index is 1.50. The maximum absolute atomic E-state index is 13.2. The molecule has 1 saturated carbocycles. The molecule has 0 unspecified atom stereocenters. The van der Waals surface area contributed by atoms with Gasteiger partial charge in [-0.1, -0.05) is 39.0 Å². The zero-order chi connectivity index (χ0) is 22.5. The van der Waals surface area contributed by atoms with Crippen LogP contribution in [0.5, 0.6) is 0 Å². The van der Waals surface area contributed by atoms with Crippen molar-refractivity contribution in [1.29, 1.82) is 0 Å². The van der Waals surface area contributed by atoms with Crippen molar-refractivity contribution in [2.45, 2.75) is 52.2 Å². The Morgan fingerprint density at radius 3 is 2.55 bits per heavy atom. The maximum atomic E-state index is 13.2. The summed E-state index contributed by atoms with van der Waals surface area (Å²) in [6.45, 7) is 5.26. The minimum Gasteiger partial charge on any atom is -0.364 e. The Morgan fingerprint density at radius 2 is 1.87 bits per heavy atom. The molecule has 3 N–H and O–H groups in total. The van der Waals surface area contributed by atoms with Crippen LogP contribution in [0.25, 0.3) is 10.9 Å². The van der Waals surface area contributed by atoms with Crippen molar-refractivity contribution in [3.05, 3.63) is 30.0 Å². The van der Waals surface area contributed by atoms with E-state index in [2.05, 4.69) is 10.4 Å². The molecular formula is C22H27N5O4. The number of carbonyl (C=O) groups excluding carboxylic acids is 4. The van der Waals surface area contributed by atoms with Crippen LogP contribution in [-0.4, -0.2) is 56.8 Å². The van der Waals surface area contributed by atoms with E-state index >= 15 is 0 Å². The third-order valence-corrected chi connectivity index (χ3v) is 6.13. The van der Waals surface area contributed by atoms with E-state index in [1.54, 1.807) is 49.9 Å². The van der Waals surface area contributed by atoms with Crippen molar-refractivity contribution in [2.24, 2.45) is 17.1 Å². The Labute approximate surface area is 179 Å². The molecule has 1 aliphatic carbocycles. The van der Waals surface area contributed by atoms with Gasteiger partial charge in [0.05, 0.1) is 12.1 Å². The standard InChI is InChI=1S/C22H27N5O4/c1-22(2,3)17(28)10-24-21(31)16-9-12-8-15(12)27(16)18(29)11-26-14-7-5-4-6-13(14)19(25-26)20(23)30/h4-7,12,15-16H,8-11H2,1-3H3,(H2,23,30)(H,24,31)/t12-,15-,16+/m1/s1. The summed E-state index contributed by atoms with van der Waals surface area (Å²) in [7, 11) is 0. The normalized spacial score (nSPS) is 22.3. The fraction of sp³-hybridized carbons (Fsp3) is 0.500. The van der Waals surface area contributed by atoms with Crippen molar-refractivity contribution in [2.75, 3.05) is 6.54 Å². The van der Waals surface area contributed by atoms with Gasteiger partial charge in [-0.05, 0) is 24.8 Å². The smallest absolute Gasteiger partial charge is 0.269 e. The number of primary amides is 1. The molecule has 1 saturated heterocycles. The number of hydrogen-bond acceptors (Lipinski definition) is 5. The fourth-order valence-electron chi connectivity index (χ4n) is 4.24. The van der Waals surface area contributed by atoms with Crippen LogP contribution in [0.1, 0.15) is 44.1 Å². The third kappa shape index (κ3) is 3.92. The molecule has 3 amide bonds. The van der Waals surface area contributed by atoms with Gasteiger partial charge in [0.15, 0.2) is 11.5 Å². The number of hydrogen-bond donors (Lipinski definition) is 2. The van der Waals surface area contributed by atoms with E-state index in [1.165, 1.54) is 4.68 Å². The summed E-state index contributed by atoms with van der Waals surface area (Å²) in [6, 6.07) is 6.52. The van der Waals surface area contributed by atoms with Crippen LogP contribution in [-0.2, 0) is 20.9 Å². The minimum atomic E-state index is -0.661. The summed E-state index contributed by atoms with van der Waals surface area (Å²) in [5.41, 5.74) is 5.64. The number of nitrogens with two attached hydrogens (primary N) is 1. The Kier molecular flexibility index (Phi) is 5.07. The summed E-state index contributed by atoms with van der Waals surface area (Å²) < 4.78 is 1.46. The van der Waals surface area contributed by atoms with Crippen LogP contribution in [0.2, 0.25) is 0 Å². The van der Waals surface area contributed by atoms with Crippen molar-refractivity contribution in [3.8, 4) is 0 Å². The van der Waals surface area contributed by atoms with E-state index in [0.29, 0.717) is 23.2 Å². The van der Waals surface area contributed by atoms with E-state index in [4.69, 9.17) is 5.73 Å². The molecule has 3 atom stereocenters. The molecular weight excluding hydrogens is 398 g/mol. The number of rotatable bonds is 6. The zero-order valence-corrected chi connectivity index (χ0v) is 17.9. The van der Waals surface area contributed by atoms with Gasteiger partial charge in [0.2, 0.25) is 11.8 Å². The molecule has 9 heteroatoms. The van der Waals surface area contributed by atoms with Crippen LogP contribution in [0, 0.1) is 11.3 Å². The van der Waals surface area contributed by atoms with Gasteiger partial charge in [0, 0.05) is 16.8 Å². The molecule has 1 aliphatic heterocycles. The molecule has 0 radical (unpaired) electrons. The first-order chi connectivity index (χ1) is 14.6. The molecule has 31 heavy (non-hydrogen) atoms. The van der Waals surface area contributed by atoms with Gasteiger partial charge in [0.1, 0.15) is 12.6 Å². The topological polar surface area (TPSA) is 127 Å². The van der Waals surface area contributed by atoms with Crippen LogP contribution in [0.15, 0.2) is 24.3 Å². The first-order valence-corrected chi connectivity index (χ1v) is 10.5. The Bertz CT molecular complexity index is 1080. The second kappa shape index (κ2) is 7.47. The number of aromatic nitrogens is 2. The number of likely N-dealkylation sites (tertiary alicyclic amines) is 1. The molecule has 2 aromatic rings. The lowest BCUT2D eigenvalue weighted by molar-refractivity contribution is -0.140. The van der Waals surface area contributed by atoms with Gasteiger partial charge < -0.3 is 16.0 Å². The summed E-state index contributed by atoms with van der Waals surface area (Å²) in [4.78, 5) is 51.5. The molecule has 2 heterocycles. The number of fused-ring (bicyclic) bond motifs is 2. The van der Waals surface area contributed by atoms with Gasteiger partial charge in [-0.15, -0.1) is 0 Å². The third-order valence-electron chi connectivity index (χ3n) is 6.13. The van der Waals surface area contributed by atoms with Crippen LogP contribution < -0.4 is 11.1 Å². The first-order valence-electron chi connectivity index (χ1n) is 10.5. The number of Topliss-reactive ketones (excluding diaryl/α,β-unsaturated/α-hetero) is 1. The highest BCUT2D eigenvalue weighted by Crippen LogP contribution is 2.48. The SMILES string of the molecule is CC(C)(C)C(=O)CNC(=O)[C@@H]1C[C@H]2C[C@H]2N1C(=O)Cn1nc(C(N)=O)c2ccccc21. The zero-order valence-electron chi connectivity index (χ0n) is 17.9. The van der Waals surface area contributed by atoms with Gasteiger partial charge in [-0.2, -0.15) is 5.10 Å². The van der Waals surface area contributed by atoms with E-state index in [1.807, 2.05) is 0 Å². The highest BCUT2D eigenvalue weighted by Gasteiger charge is 2.56. The molecule has 2 aliphatic rings. The number of piperidine rings is 1. The van der Waals surface area contributed by atoms with Crippen LogP contribution >= 0.6 is 0 Å². The lowest BCUT2D eigenvalue weighted by Crippen LogP contribution is -2.50. The highest BCUT2D eigenvalue weighted by atomic mass is 16.2. The molecule has 1 aromatic carbocycles. The number of benzene rings is 1. The largest absolute Gasteiger partial charge is 0.364 e. The second-order valence-electron chi connectivity index (χ2n) is 9.39. The van der Waals surface area contributed by atoms with Crippen LogP contribution in [0.4, 0.5) is 0 Å². The lowest BCUT2D eigenvalue weighted by Gasteiger charge is -2.27. The predicted molar refractivity (Wildman–Crippen MR) is 113 cm³/mol. The van der Waals surface area contributed by atoms with Crippen LogP contribution in [0.3, 0.4) is 0 Å². The van der Waals surface area contributed by atoms with E-state index in [0.717, 1.165) is 6.42 Å². The van der Waals surface area contributed by atoms with Gasteiger partial charge in [0.25, 0.3) is 5.91 Å². The first kappa shape index (κ1) is 21.0. The Morgan fingerprint density at radius 1 is 1.16 bits per heavy atom. The molecule has 2 fully saturated rings. The van der Waals surface area contributed by atoms with Crippen molar-refractivity contribution >= 4 is 34.4 Å².